The number of aliphatic hydroxyl groups excluding tert-OH is 1. The summed E-state index contributed by atoms with van der Waals surface area (Å²) in [6.45, 7) is 0.745. The van der Waals surface area contributed by atoms with Gasteiger partial charge in [0.1, 0.15) is 5.75 Å². The molecule has 6 heteroatoms. The first-order valence-corrected chi connectivity index (χ1v) is 6.38. The summed E-state index contributed by atoms with van der Waals surface area (Å²) in [7, 11) is 0. The molecule has 1 aromatic carbocycles. The zero-order valence-corrected chi connectivity index (χ0v) is 11.5. The molecule has 0 heterocycles. The van der Waals surface area contributed by atoms with Crippen molar-refractivity contribution < 1.29 is 23.4 Å². The molecular weight excluding hydrogens is 268 g/mol. The van der Waals surface area contributed by atoms with E-state index >= 15 is 0 Å². The van der Waals surface area contributed by atoms with E-state index in [-0.39, 0.29) is 23.8 Å². The summed E-state index contributed by atoms with van der Waals surface area (Å²) in [4.78, 5) is 12.1. The monoisotopic (exact) mass is 287 g/mol. The first kappa shape index (κ1) is 16.4. The van der Waals surface area contributed by atoms with Crippen LogP contribution in [0.2, 0.25) is 0 Å². The van der Waals surface area contributed by atoms with E-state index in [1.807, 2.05) is 13.8 Å². The van der Waals surface area contributed by atoms with Gasteiger partial charge in [-0.15, -0.1) is 0 Å². The summed E-state index contributed by atoms with van der Waals surface area (Å²) in [5, 5.41) is 11.8. The number of halogens is 2. The Bertz CT molecular complexity index is 454. The van der Waals surface area contributed by atoms with E-state index in [1.54, 1.807) is 0 Å². The Morgan fingerprint density at radius 1 is 1.50 bits per heavy atom. The van der Waals surface area contributed by atoms with Crippen LogP contribution in [-0.2, 0) is 0 Å². The summed E-state index contributed by atoms with van der Waals surface area (Å²) < 4.78 is 28.5. The highest BCUT2D eigenvalue weighted by Crippen LogP contribution is 2.18. The Kier molecular flexibility index (Phi) is 5.88. The van der Waals surface area contributed by atoms with E-state index in [0.717, 1.165) is 0 Å². The van der Waals surface area contributed by atoms with Crippen molar-refractivity contribution in [3.05, 3.63) is 29.8 Å². The molecule has 2 N–H and O–H groups in total. The van der Waals surface area contributed by atoms with E-state index in [1.165, 1.54) is 24.3 Å². The molecule has 0 aliphatic carbocycles. The second-order valence-electron chi connectivity index (χ2n) is 4.75. The third-order valence-corrected chi connectivity index (χ3v) is 3.18. The lowest BCUT2D eigenvalue weighted by molar-refractivity contribution is -0.0498. The SMILES string of the molecule is CCC(C)(CCO)NC(=O)c1cccc(OC(F)F)c1. The molecular formula is C14H19F2NO3. The fourth-order valence-electron chi connectivity index (χ4n) is 1.73. The number of hydrogen-bond donors (Lipinski definition) is 2. The quantitative estimate of drug-likeness (QED) is 0.810. The number of aliphatic hydroxyl groups is 1. The molecule has 4 nitrogen and oxygen atoms in total. The number of hydrogen-bond acceptors (Lipinski definition) is 3. The van der Waals surface area contributed by atoms with Gasteiger partial charge < -0.3 is 15.2 Å². The molecule has 0 aromatic heterocycles. The van der Waals surface area contributed by atoms with Crippen LogP contribution in [0, 0.1) is 0 Å². The minimum Gasteiger partial charge on any atom is -0.435 e. The number of amides is 1. The van der Waals surface area contributed by atoms with Gasteiger partial charge in [0.25, 0.3) is 5.91 Å². The third-order valence-electron chi connectivity index (χ3n) is 3.18. The highest BCUT2D eigenvalue weighted by atomic mass is 19.3. The van der Waals surface area contributed by atoms with Crippen molar-refractivity contribution in [3.8, 4) is 5.75 Å². The van der Waals surface area contributed by atoms with Gasteiger partial charge in [0.2, 0.25) is 0 Å². The smallest absolute Gasteiger partial charge is 0.387 e. The van der Waals surface area contributed by atoms with Gasteiger partial charge in [-0.2, -0.15) is 8.78 Å². The maximum Gasteiger partial charge on any atom is 0.387 e. The minimum atomic E-state index is -2.93. The van der Waals surface area contributed by atoms with Gasteiger partial charge in [0, 0.05) is 17.7 Å². The Morgan fingerprint density at radius 2 is 2.20 bits per heavy atom. The van der Waals surface area contributed by atoms with Crippen molar-refractivity contribution in [1.82, 2.24) is 5.32 Å². The third kappa shape index (κ3) is 4.77. The second kappa shape index (κ2) is 7.19. The zero-order chi connectivity index (χ0) is 15.2. The van der Waals surface area contributed by atoms with Gasteiger partial charge >= 0.3 is 6.61 Å². The van der Waals surface area contributed by atoms with Crippen molar-refractivity contribution >= 4 is 5.91 Å². The maximum absolute atomic E-state index is 12.1. The summed E-state index contributed by atoms with van der Waals surface area (Å²) in [5.41, 5.74) is -0.299. The topological polar surface area (TPSA) is 58.6 Å². The molecule has 20 heavy (non-hydrogen) atoms. The zero-order valence-electron chi connectivity index (χ0n) is 11.5. The van der Waals surface area contributed by atoms with E-state index in [2.05, 4.69) is 10.1 Å². The van der Waals surface area contributed by atoms with Gasteiger partial charge in [-0.25, -0.2) is 0 Å². The van der Waals surface area contributed by atoms with Crippen LogP contribution in [0.3, 0.4) is 0 Å². The number of benzene rings is 1. The molecule has 1 atom stereocenters. The Balaban J connectivity index is 2.81. The van der Waals surface area contributed by atoms with Crippen LogP contribution in [-0.4, -0.2) is 29.8 Å². The Hall–Kier alpha value is -1.69. The van der Waals surface area contributed by atoms with Gasteiger partial charge in [-0.3, -0.25) is 4.79 Å². The van der Waals surface area contributed by atoms with E-state index in [0.29, 0.717) is 12.8 Å². The molecule has 0 aliphatic rings. The lowest BCUT2D eigenvalue weighted by atomic mass is 9.94. The number of rotatable bonds is 7. The fourth-order valence-corrected chi connectivity index (χ4v) is 1.73. The number of carbonyl (C=O) groups is 1. The Labute approximate surface area is 116 Å². The van der Waals surface area contributed by atoms with Gasteiger partial charge in [-0.05, 0) is 38.0 Å². The molecule has 0 fully saturated rings. The Morgan fingerprint density at radius 3 is 2.75 bits per heavy atom. The lowest BCUT2D eigenvalue weighted by Crippen LogP contribution is -2.46. The van der Waals surface area contributed by atoms with Crippen LogP contribution in [0.15, 0.2) is 24.3 Å². The average molecular weight is 287 g/mol. The van der Waals surface area contributed by atoms with Crippen LogP contribution in [0.4, 0.5) is 8.78 Å². The molecule has 0 aliphatic heterocycles. The summed E-state index contributed by atoms with van der Waals surface area (Å²) >= 11 is 0. The van der Waals surface area contributed by atoms with Crippen molar-refractivity contribution in [2.24, 2.45) is 0 Å². The van der Waals surface area contributed by atoms with Crippen molar-refractivity contribution in [3.63, 3.8) is 0 Å². The number of ether oxygens (including phenoxy) is 1. The highest BCUT2D eigenvalue weighted by molar-refractivity contribution is 5.95. The second-order valence-corrected chi connectivity index (χ2v) is 4.75. The molecule has 0 saturated carbocycles. The van der Waals surface area contributed by atoms with Crippen molar-refractivity contribution in [2.45, 2.75) is 38.8 Å². The molecule has 0 radical (unpaired) electrons. The predicted molar refractivity (Wildman–Crippen MR) is 70.9 cm³/mol. The normalized spacial score (nSPS) is 13.9. The molecule has 0 bridgehead atoms. The number of nitrogens with one attached hydrogen (secondary N) is 1. The average Bonchev–Trinajstić information content (AvgIpc) is 2.38. The molecule has 1 aromatic rings. The largest absolute Gasteiger partial charge is 0.435 e. The van der Waals surface area contributed by atoms with Crippen LogP contribution in [0.1, 0.15) is 37.0 Å². The predicted octanol–water partition coefficient (Wildman–Crippen LogP) is 2.57. The fraction of sp³-hybridized carbons (Fsp3) is 0.500. The van der Waals surface area contributed by atoms with Gasteiger partial charge in [0.15, 0.2) is 0 Å². The van der Waals surface area contributed by atoms with E-state index < -0.39 is 12.2 Å². The standard InChI is InChI=1S/C14H19F2NO3/c1-3-14(2,7-8-18)17-12(19)10-5-4-6-11(9-10)20-13(15)16/h4-6,9,13,18H,3,7-8H2,1-2H3,(H,17,19). The molecule has 112 valence electrons. The summed E-state index contributed by atoms with van der Waals surface area (Å²) in [6.07, 6.45) is 1.06. The van der Waals surface area contributed by atoms with E-state index in [4.69, 9.17) is 5.11 Å². The minimum absolute atomic E-state index is 0.0425. The van der Waals surface area contributed by atoms with E-state index in [9.17, 15) is 13.6 Å². The van der Waals surface area contributed by atoms with Crippen LogP contribution >= 0.6 is 0 Å². The summed E-state index contributed by atoms with van der Waals surface area (Å²) in [6, 6.07) is 5.61. The maximum atomic E-state index is 12.1. The van der Waals surface area contributed by atoms with Crippen LogP contribution in [0.25, 0.3) is 0 Å². The highest BCUT2D eigenvalue weighted by Gasteiger charge is 2.24. The van der Waals surface area contributed by atoms with Crippen molar-refractivity contribution in [1.29, 1.82) is 0 Å². The molecule has 1 rings (SSSR count). The number of alkyl halides is 2. The van der Waals surface area contributed by atoms with Crippen LogP contribution < -0.4 is 10.1 Å². The first-order valence-electron chi connectivity index (χ1n) is 6.38. The molecule has 0 spiro atoms. The van der Waals surface area contributed by atoms with Gasteiger partial charge in [-0.1, -0.05) is 13.0 Å². The summed E-state index contributed by atoms with van der Waals surface area (Å²) in [5.74, 6) is -0.449. The number of carbonyl (C=O) groups excluding carboxylic acids is 1. The molecule has 0 saturated heterocycles. The molecule has 1 amide bonds. The first-order chi connectivity index (χ1) is 9.40. The lowest BCUT2D eigenvalue weighted by Gasteiger charge is -2.29. The molecule has 1 unspecified atom stereocenters. The van der Waals surface area contributed by atoms with Crippen LogP contribution in [0.5, 0.6) is 5.75 Å². The van der Waals surface area contributed by atoms with Gasteiger partial charge in [0.05, 0.1) is 0 Å². The van der Waals surface area contributed by atoms with Crippen molar-refractivity contribution in [2.75, 3.05) is 6.61 Å².